The lowest BCUT2D eigenvalue weighted by Gasteiger charge is -2.07. The lowest BCUT2D eigenvalue weighted by atomic mass is 10.2. The Kier molecular flexibility index (Phi) is 1.20. The average Bonchev–Trinajstić information content (AvgIpc) is 2.60. The number of carboxylic acids is 1. The van der Waals surface area contributed by atoms with Gasteiger partial charge in [-0.2, -0.15) is 0 Å². The summed E-state index contributed by atoms with van der Waals surface area (Å²) in [6, 6.07) is 0. The Morgan fingerprint density at radius 3 is 2.80 bits per heavy atom. The van der Waals surface area contributed by atoms with E-state index in [1.807, 2.05) is 0 Å². The summed E-state index contributed by atoms with van der Waals surface area (Å²) in [6.07, 6.45) is 0.946. The minimum absolute atomic E-state index is 0.0810. The molecule has 3 heteroatoms. The van der Waals surface area contributed by atoms with Crippen LogP contribution < -0.4 is 0 Å². The fourth-order valence-electron chi connectivity index (χ4n) is 1.87. The summed E-state index contributed by atoms with van der Waals surface area (Å²) < 4.78 is 5.14. The van der Waals surface area contributed by atoms with Crippen molar-refractivity contribution < 1.29 is 14.6 Å². The average molecular weight is 142 g/mol. The number of carbonyl (C=O) groups is 1. The predicted octanol–water partition coefficient (Wildman–Crippen LogP) is 0.354. The summed E-state index contributed by atoms with van der Waals surface area (Å²) in [4.78, 5) is 10.5. The molecule has 0 bridgehead atoms. The lowest BCUT2D eigenvalue weighted by molar-refractivity contribution is -0.139. The maximum Gasteiger partial charge on any atom is 0.307 e. The van der Waals surface area contributed by atoms with E-state index < -0.39 is 5.97 Å². The van der Waals surface area contributed by atoms with Crippen LogP contribution in [0, 0.1) is 17.8 Å². The Balaban J connectivity index is 1.99. The minimum atomic E-state index is -0.638. The van der Waals surface area contributed by atoms with Crippen LogP contribution in [-0.4, -0.2) is 24.3 Å². The molecule has 3 atom stereocenters. The second-order valence-electron chi connectivity index (χ2n) is 3.06. The first-order valence-corrected chi connectivity index (χ1v) is 3.61. The van der Waals surface area contributed by atoms with E-state index in [0.29, 0.717) is 18.4 Å². The molecule has 0 unspecified atom stereocenters. The second-order valence-corrected chi connectivity index (χ2v) is 3.06. The van der Waals surface area contributed by atoms with Crippen molar-refractivity contribution in [1.29, 1.82) is 0 Å². The van der Waals surface area contributed by atoms with Crippen molar-refractivity contribution in [3.8, 4) is 0 Å². The quantitative estimate of drug-likeness (QED) is 0.574. The molecule has 1 aliphatic heterocycles. The first-order chi connectivity index (χ1) is 4.80. The van der Waals surface area contributed by atoms with Crippen molar-refractivity contribution in [2.75, 3.05) is 13.2 Å². The summed E-state index contributed by atoms with van der Waals surface area (Å²) >= 11 is 0. The molecule has 1 N–H and O–H groups in total. The van der Waals surface area contributed by atoms with Crippen molar-refractivity contribution in [2.45, 2.75) is 6.42 Å². The van der Waals surface area contributed by atoms with Gasteiger partial charge in [0.25, 0.3) is 0 Å². The molecule has 0 spiro atoms. The fraction of sp³-hybridized carbons (Fsp3) is 0.857. The van der Waals surface area contributed by atoms with Crippen LogP contribution in [0.1, 0.15) is 6.42 Å². The fourth-order valence-corrected chi connectivity index (χ4v) is 1.87. The number of fused-ring (bicyclic) bond motifs is 1. The van der Waals surface area contributed by atoms with Gasteiger partial charge >= 0.3 is 5.97 Å². The van der Waals surface area contributed by atoms with Gasteiger partial charge in [0.05, 0.1) is 12.5 Å². The first-order valence-electron chi connectivity index (χ1n) is 3.61. The van der Waals surface area contributed by atoms with Gasteiger partial charge < -0.3 is 9.84 Å². The molecule has 1 aliphatic carbocycles. The molecule has 0 radical (unpaired) electrons. The van der Waals surface area contributed by atoms with Gasteiger partial charge in [-0.05, 0) is 18.3 Å². The van der Waals surface area contributed by atoms with Gasteiger partial charge in [0.15, 0.2) is 0 Å². The van der Waals surface area contributed by atoms with Gasteiger partial charge in [-0.3, -0.25) is 4.79 Å². The van der Waals surface area contributed by atoms with Gasteiger partial charge in [-0.1, -0.05) is 0 Å². The van der Waals surface area contributed by atoms with Crippen molar-refractivity contribution in [3.05, 3.63) is 0 Å². The highest BCUT2D eigenvalue weighted by atomic mass is 16.5. The predicted molar refractivity (Wildman–Crippen MR) is 33.5 cm³/mol. The maximum absolute atomic E-state index is 10.5. The van der Waals surface area contributed by atoms with Crippen LogP contribution in [0.4, 0.5) is 0 Å². The number of aliphatic carboxylic acids is 1. The Labute approximate surface area is 59.0 Å². The molecule has 1 heterocycles. The van der Waals surface area contributed by atoms with Gasteiger partial charge in [-0.15, -0.1) is 0 Å². The summed E-state index contributed by atoms with van der Waals surface area (Å²) in [7, 11) is 0. The van der Waals surface area contributed by atoms with Crippen LogP contribution in [0.3, 0.4) is 0 Å². The second kappa shape index (κ2) is 1.95. The maximum atomic E-state index is 10.5. The third-order valence-corrected chi connectivity index (χ3v) is 2.52. The topological polar surface area (TPSA) is 46.5 Å². The molecular weight excluding hydrogens is 132 g/mol. The third-order valence-electron chi connectivity index (χ3n) is 2.52. The zero-order chi connectivity index (χ0) is 7.14. The number of hydrogen-bond donors (Lipinski definition) is 1. The van der Waals surface area contributed by atoms with E-state index in [0.717, 1.165) is 13.0 Å². The van der Waals surface area contributed by atoms with Crippen LogP contribution in [0.2, 0.25) is 0 Å². The van der Waals surface area contributed by atoms with E-state index in [1.54, 1.807) is 0 Å². The summed E-state index contributed by atoms with van der Waals surface area (Å²) in [5.74, 6) is 0.0560. The Morgan fingerprint density at radius 2 is 2.30 bits per heavy atom. The van der Waals surface area contributed by atoms with Gasteiger partial charge in [0.2, 0.25) is 0 Å². The Bertz CT molecular complexity index is 154. The standard InChI is InChI=1S/C7H10O3/c8-7(9)6-4-1-2-10-3-5(4)6/h4-6H,1-3H2,(H,8,9)/t4-,5+,6+/m1/s1. The minimum Gasteiger partial charge on any atom is -0.481 e. The molecule has 2 aliphatic rings. The number of rotatable bonds is 1. The summed E-state index contributed by atoms with van der Waals surface area (Å²) in [5, 5.41) is 8.63. The van der Waals surface area contributed by atoms with E-state index in [1.165, 1.54) is 0 Å². The molecule has 56 valence electrons. The van der Waals surface area contributed by atoms with Gasteiger partial charge in [-0.25, -0.2) is 0 Å². The number of ether oxygens (including phenoxy) is 1. The van der Waals surface area contributed by atoms with Crippen LogP contribution in [0.25, 0.3) is 0 Å². The highest BCUT2D eigenvalue weighted by molar-refractivity contribution is 5.74. The normalized spacial score (nSPS) is 44.2. The van der Waals surface area contributed by atoms with Crippen molar-refractivity contribution >= 4 is 5.97 Å². The van der Waals surface area contributed by atoms with E-state index in [-0.39, 0.29) is 5.92 Å². The smallest absolute Gasteiger partial charge is 0.307 e. The summed E-state index contributed by atoms with van der Waals surface area (Å²) in [6.45, 7) is 1.42. The van der Waals surface area contributed by atoms with Crippen LogP contribution in [0.15, 0.2) is 0 Å². The van der Waals surface area contributed by atoms with Crippen LogP contribution >= 0.6 is 0 Å². The van der Waals surface area contributed by atoms with Gasteiger partial charge in [0.1, 0.15) is 0 Å². The molecular formula is C7H10O3. The van der Waals surface area contributed by atoms with E-state index in [2.05, 4.69) is 0 Å². The monoisotopic (exact) mass is 142 g/mol. The highest BCUT2D eigenvalue weighted by Crippen LogP contribution is 2.50. The number of hydrogen-bond acceptors (Lipinski definition) is 2. The Hall–Kier alpha value is -0.570. The molecule has 0 aromatic heterocycles. The summed E-state index contributed by atoms with van der Waals surface area (Å²) in [5.41, 5.74) is 0. The van der Waals surface area contributed by atoms with Crippen molar-refractivity contribution in [3.63, 3.8) is 0 Å². The highest BCUT2D eigenvalue weighted by Gasteiger charge is 2.55. The van der Waals surface area contributed by atoms with Crippen LogP contribution in [0.5, 0.6) is 0 Å². The van der Waals surface area contributed by atoms with Crippen molar-refractivity contribution in [2.24, 2.45) is 17.8 Å². The van der Waals surface area contributed by atoms with E-state index >= 15 is 0 Å². The molecule has 0 aromatic rings. The third kappa shape index (κ3) is 0.736. The van der Waals surface area contributed by atoms with Gasteiger partial charge in [0, 0.05) is 6.61 Å². The first kappa shape index (κ1) is 6.16. The van der Waals surface area contributed by atoms with Crippen molar-refractivity contribution in [1.82, 2.24) is 0 Å². The molecule has 0 aromatic carbocycles. The molecule has 0 amide bonds. The SMILES string of the molecule is O=C(O)[C@H]1[C@@H]2CCOC[C@@H]21. The molecule has 1 saturated carbocycles. The largest absolute Gasteiger partial charge is 0.481 e. The van der Waals surface area contributed by atoms with E-state index in [9.17, 15) is 4.79 Å². The molecule has 2 rings (SSSR count). The molecule has 10 heavy (non-hydrogen) atoms. The zero-order valence-electron chi connectivity index (χ0n) is 5.62. The zero-order valence-corrected chi connectivity index (χ0v) is 5.62. The number of carboxylic acid groups (broad SMARTS) is 1. The Morgan fingerprint density at radius 1 is 1.50 bits per heavy atom. The molecule has 3 nitrogen and oxygen atoms in total. The molecule has 1 saturated heterocycles. The lowest BCUT2D eigenvalue weighted by Crippen LogP contribution is -2.07. The van der Waals surface area contributed by atoms with E-state index in [4.69, 9.17) is 9.84 Å². The van der Waals surface area contributed by atoms with Crippen LogP contribution in [-0.2, 0) is 9.53 Å². The molecule has 2 fully saturated rings.